The van der Waals surface area contributed by atoms with Crippen molar-refractivity contribution < 1.29 is 9.47 Å². The fraction of sp³-hybridized carbons (Fsp3) is 0.625. The molecule has 110 valence electrons. The normalized spacial score (nSPS) is 29.6. The zero-order valence-electron chi connectivity index (χ0n) is 11.7. The zero-order valence-corrected chi connectivity index (χ0v) is 14.0. The molecule has 1 saturated carbocycles. The van der Waals surface area contributed by atoms with Gasteiger partial charge in [0.15, 0.2) is 0 Å². The van der Waals surface area contributed by atoms with Gasteiger partial charge in [0.1, 0.15) is 5.75 Å². The molecular formula is C16H20BrClO2. The molecule has 1 aromatic rings. The van der Waals surface area contributed by atoms with Gasteiger partial charge in [-0.25, -0.2) is 0 Å². The molecule has 0 N–H and O–H groups in total. The molecule has 1 heterocycles. The lowest BCUT2D eigenvalue weighted by molar-refractivity contribution is 0.0403. The average molecular weight is 360 g/mol. The second-order valence-electron chi connectivity index (χ2n) is 6.02. The van der Waals surface area contributed by atoms with E-state index in [-0.39, 0.29) is 5.41 Å². The first-order chi connectivity index (χ1) is 9.68. The summed E-state index contributed by atoms with van der Waals surface area (Å²) in [4.78, 5) is 0. The van der Waals surface area contributed by atoms with Gasteiger partial charge in [-0.15, -0.1) is 11.6 Å². The molecule has 1 saturated heterocycles. The zero-order chi connectivity index (χ0) is 14.2. The van der Waals surface area contributed by atoms with Crippen molar-refractivity contribution in [2.45, 2.75) is 31.8 Å². The van der Waals surface area contributed by atoms with E-state index in [0.29, 0.717) is 12.0 Å². The van der Waals surface area contributed by atoms with Gasteiger partial charge in [-0.05, 0) is 65.2 Å². The summed E-state index contributed by atoms with van der Waals surface area (Å²) in [5, 5.41) is 0. The van der Waals surface area contributed by atoms with Crippen LogP contribution in [0.3, 0.4) is 0 Å². The Morgan fingerprint density at radius 1 is 1.45 bits per heavy atom. The maximum Gasteiger partial charge on any atom is 0.133 e. The van der Waals surface area contributed by atoms with Crippen molar-refractivity contribution in [3.8, 4) is 5.75 Å². The van der Waals surface area contributed by atoms with Crippen molar-refractivity contribution in [3.63, 3.8) is 0 Å². The molecule has 0 aromatic heterocycles. The quantitative estimate of drug-likeness (QED) is 0.724. The first-order valence-corrected chi connectivity index (χ1v) is 8.51. The van der Waals surface area contributed by atoms with Gasteiger partial charge in [0.05, 0.1) is 17.7 Å². The molecule has 2 nitrogen and oxygen atoms in total. The van der Waals surface area contributed by atoms with Gasteiger partial charge in [-0.3, -0.25) is 0 Å². The summed E-state index contributed by atoms with van der Waals surface area (Å²) in [6.45, 7) is 0.852. The largest absolute Gasteiger partial charge is 0.496 e. The van der Waals surface area contributed by atoms with E-state index in [1.54, 1.807) is 7.11 Å². The maximum absolute atomic E-state index is 6.36. The molecule has 0 amide bonds. The molecule has 2 unspecified atom stereocenters. The van der Waals surface area contributed by atoms with Crippen LogP contribution in [0.1, 0.15) is 24.8 Å². The highest BCUT2D eigenvalue weighted by Gasteiger charge is 2.50. The maximum atomic E-state index is 6.36. The third-order valence-electron chi connectivity index (χ3n) is 4.59. The summed E-state index contributed by atoms with van der Waals surface area (Å²) in [6.07, 6.45) is 5.01. The lowest BCUT2D eigenvalue weighted by Crippen LogP contribution is -2.36. The van der Waals surface area contributed by atoms with Crippen LogP contribution in [0.25, 0.3) is 0 Å². The highest BCUT2D eigenvalue weighted by Crippen LogP contribution is 2.50. The molecule has 1 aliphatic carbocycles. The summed E-state index contributed by atoms with van der Waals surface area (Å²) in [7, 11) is 1.69. The van der Waals surface area contributed by atoms with E-state index >= 15 is 0 Å². The van der Waals surface area contributed by atoms with E-state index in [0.717, 1.165) is 35.6 Å². The third-order valence-corrected chi connectivity index (χ3v) is 5.74. The van der Waals surface area contributed by atoms with Gasteiger partial charge in [0.25, 0.3) is 0 Å². The lowest BCUT2D eigenvalue weighted by atomic mass is 9.76. The molecule has 20 heavy (non-hydrogen) atoms. The van der Waals surface area contributed by atoms with Gasteiger partial charge in [0, 0.05) is 17.9 Å². The second kappa shape index (κ2) is 5.86. The van der Waals surface area contributed by atoms with Crippen LogP contribution in [-0.2, 0) is 11.2 Å². The van der Waals surface area contributed by atoms with E-state index in [2.05, 4.69) is 28.1 Å². The number of benzene rings is 1. The standard InChI is InChI=1S/C16H20BrClO2/c1-19-14-5-2-11(8-13(14)17)9-16(10-18)6-7-20-15(16)12-3-4-12/h2,5,8,12,15H,3-4,6-7,9-10H2,1H3. The molecule has 0 bridgehead atoms. The van der Waals surface area contributed by atoms with Gasteiger partial charge < -0.3 is 9.47 Å². The Hall–Kier alpha value is -0.250. The van der Waals surface area contributed by atoms with Gasteiger partial charge in [-0.1, -0.05) is 6.07 Å². The molecule has 2 atom stereocenters. The number of halogens is 2. The Bertz CT molecular complexity index is 489. The molecule has 0 spiro atoms. The van der Waals surface area contributed by atoms with Crippen LogP contribution in [0.2, 0.25) is 0 Å². The smallest absolute Gasteiger partial charge is 0.133 e. The minimum atomic E-state index is 0.108. The van der Waals surface area contributed by atoms with Crippen LogP contribution >= 0.6 is 27.5 Å². The number of rotatable bonds is 5. The number of ether oxygens (including phenoxy) is 2. The Morgan fingerprint density at radius 3 is 2.85 bits per heavy atom. The lowest BCUT2D eigenvalue weighted by Gasteiger charge is -2.32. The molecular weight excluding hydrogens is 340 g/mol. The van der Waals surface area contributed by atoms with Crippen LogP contribution in [0.15, 0.2) is 22.7 Å². The van der Waals surface area contributed by atoms with Crippen molar-refractivity contribution >= 4 is 27.5 Å². The summed E-state index contributed by atoms with van der Waals surface area (Å²) in [5.41, 5.74) is 1.41. The SMILES string of the molecule is COc1ccc(CC2(CCl)CCOC2C2CC2)cc1Br. The third kappa shape index (κ3) is 2.72. The van der Waals surface area contributed by atoms with Crippen LogP contribution < -0.4 is 4.74 Å². The van der Waals surface area contributed by atoms with E-state index in [4.69, 9.17) is 21.1 Å². The first kappa shape index (κ1) is 14.7. The number of hydrogen-bond donors (Lipinski definition) is 0. The van der Waals surface area contributed by atoms with Crippen molar-refractivity contribution in [2.24, 2.45) is 11.3 Å². The Morgan fingerprint density at radius 2 is 2.25 bits per heavy atom. The minimum absolute atomic E-state index is 0.108. The topological polar surface area (TPSA) is 18.5 Å². The van der Waals surface area contributed by atoms with E-state index in [9.17, 15) is 0 Å². The van der Waals surface area contributed by atoms with Gasteiger partial charge in [0.2, 0.25) is 0 Å². The van der Waals surface area contributed by atoms with E-state index in [1.807, 2.05) is 6.07 Å². The van der Waals surface area contributed by atoms with Crippen molar-refractivity contribution in [3.05, 3.63) is 28.2 Å². The molecule has 3 rings (SSSR count). The summed E-state index contributed by atoms with van der Waals surface area (Å²) < 4.78 is 12.3. The molecule has 1 aromatic carbocycles. The van der Waals surface area contributed by atoms with Crippen LogP contribution in [-0.4, -0.2) is 25.7 Å². The second-order valence-corrected chi connectivity index (χ2v) is 7.14. The van der Waals surface area contributed by atoms with Gasteiger partial charge >= 0.3 is 0 Å². The Kier molecular flexibility index (Phi) is 4.30. The highest BCUT2D eigenvalue weighted by molar-refractivity contribution is 9.10. The van der Waals surface area contributed by atoms with Crippen LogP contribution in [0.4, 0.5) is 0 Å². The average Bonchev–Trinajstić information content (AvgIpc) is 3.21. The van der Waals surface area contributed by atoms with E-state index < -0.39 is 0 Å². The number of hydrogen-bond acceptors (Lipinski definition) is 2. The van der Waals surface area contributed by atoms with Gasteiger partial charge in [-0.2, -0.15) is 0 Å². The first-order valence-electron chi connectivity index (χ1n) is 7.18. The Balaban J connectivity index is 1.82. The van der Waals surface area contributed by atoms with Crippen LogP contribution in [0.5, 0.6) is 5.75 Å². The monoisotopic (exact) mass is 358 g/mol. The van der Waals surface area contributed by atoms with E-state index in [1.165, 1.54) is 18.4 Å². The summed E-state index contributed by atoms with van der Waals surface area (Å²) in [6, 6.07) is 6.30. The van der Waals surface area contributed by atoms with Crippen molar-refractivity contribution in [1.29, 1.82) is 0 Å². The Labute approximate surface area is 133 Å². The van der Waals surface area contributed by atoms with Crippen molar-refractivity contribution in [2.75, 3.05) is 19.6 Å². The summed E-state index contributed by atoms with van der Waals surface area (Å²) in [5.74, 6) is 2.28. The molecule has 0 radical (unpaired) electrons. The molecule has 4 heteroatoms. The fourth-order valence-corrected chi connectivity index (χ4v) is 4.32. The van der Waals surface area contributed by atoms with Crippen LogP contribution in [0, 0.1) is 11.3 Å². The molecule has 2 aliphatic rings. The fourth-order valence-electron chi connectivity index (χ4n) is 3.35. The number of alkyl halides is 1. The molecule has 2 fully saturated rings. The number of methoxy groups -OCH3 is 1. The van der Waals surface area contributed by atoms with Crippen molar-refractivity contribution in [1.82, 2.24) is 0 Å². The minimum Gasteiger partial charge on any atom is -0.496 e. The molecule has 1 aliphatic heterocycles. The predicted molar refractivity (Wildman–Crippen MR) is 84.6 cm³/mol. The highest BCUT2D eigenvalue weighted by atomic mass is 79.9. The summed E-state index contributed by atoms with van der Waals surface area (Å²) >= 11 is 9.93. The predicted octanol–water partition coefficient (Wildman–Crippen LogP) is 4.42.